The highest BCUT2D eigenvalue weighted by Gasteiger charge is 2.14. The Morgan fingerprint density at radius 3 is 2.94 bits per heavy atom. The molecule has 0 atom stereocenters. The standard InChI is InChI=1S/C14H23N3O/c1-15-14-9-12(18-7-6-17(2)3)8-11-4-5-16-10-13(11)14/h8-9,15-16H,4-7,10H2,1-3H3. The lowest BCUT2D eigenvalue weighted by Gasteiger charge is -2.22. The summed E-state index contributed by atoms with van der Waals surface area (Å²) in [5, 5.41) is 6.67. The Balaban J connectivity index is 2.11. The highest BCUT2D eigenvalue weighted by Crippen LogP contribution is 2.28. The van der Waals surface area contributed by atoms with Gasteiger partial charge >= 0.3 is 0 Å². The first-order valence-electron chi connectivity index (χ1n) is 6.52. The molecule has 2 rings (SSSR count). The molecule has 0 saturated heterocycles. The number of likely N-dealkylation sites (N-methyl/N-ethyl adjacent to an activating group) is 1. The molecule has 1 aliphatic rings. The van der Waals surface area contributed by atoms with Crippen LogP contribution in [0.3, 0.4) is 0 Å². The molecule has 0 fully saturated rings. The summed E-state index contributed by atoms with van der Waals surface area (Å²) in [5.41, 5.74) is 3.96. The summed E-state index contributed by atoms with van der Waals surface area (Å²) in [4.78, 5) is 2.13. The summed E-state index contributed by atoms with van der Waals surface area (Å²) in [5.74, 6) is 0.974. The van der Waals surface area contributed by atoms with Crippen LogP contribution in [0.5, 0.6) is 5.75 Å². The Kier molecular flexibility index (Phi) is 4.44. The van der Waals surface area contributed by atoms with Gasteiger partial charge in [0, 0.05) is 31.9 Å². The third-order valence-corrected chi connectivity index (χ3v) is 3.27. The number of hydrogen-bond donors (Lipinski definition) is 2. The molecule has 1 aliphatic heterocycles. The Hall–Kier alpha value is -1.26. The molecule has 1 aromatic rings. The molecule has 0 saturated carbocycles. The maximum absolute atomic E-state index is 5.82. The predicted octanol–water partition coefficient (Wildman–Crippen LogP) is 1.31. The molecule has 4 heteroatoms. The average molecular weight is 249 g/mol. The van der Waals surface area contributed by atoms with E-state index < -0.39 is 0 Å². The van der Waals surface area contributed by atoms with Gasteiger partial charge in [-0.05, 0) is 44.3 Å². The fourth-order valence-electron chi connectivity index (χ4n) is 2.22. The summed E-state index contributed by atoms with van der Waals surface area (Å²) < 4.78 is 5.82. The van der Waals surface area contributed by atoms with E-state index in [2.05, 4.69) is 41.8 Å². The smallest absolute Gasteiger partial charge is 0.121 e. The first kappa shape index (κ1) is 13.2. The minimum atomic E-state index is 0.729. The Morgan fingerprint density at radius 1 is 1.39 bits per heavy atom. The zero-order valence-electron chi connectivity index (χ0n) is 11.5. The van der Waals surface area contributed by atoms with E-state index in [1.165, 1.54) is 16.8 Å². The van der Waals surface area contributed by atoms with Crippen LogP contribution in [-0.4, -0.2) is 45.7 Å². The molecule has 0 bridgehead atoms. The van der Waals surface area contributed by atoms with E-state index in [4.69, 9.17) is 4.74 Å². The fourth-order valence-corrected chi connectivity index (χ4v) is 2.22. The second-order valence-corrected chi connectivity index (χ2v) is 4.94. The molecule has 0 aliphatic carbocycles. The lowest BCUT2D eigenvalue weighted by molar-refractivity contribution is 0.261. The van der Waals surface area contributed by atoms with E-state index in [9.17, 15) is 0 Å². The number of nitrogens with one attached hydrogen (secondary N) is 2. The summed E-state index contributed by atoms with van der Waals surface area (Å²) in [6, 6.07) is 4.29. The maximum Gasteiger partial charge on any atom is 0.121 e. The van der Waals surface area contributed by atoms with Crippen LogP contribution in [0.1, 0.15) is 11.1 Å². The predicted molar refractivity (Wildman–Crippen MR) is 75.4 cm³/mol. The van der Waals surface area contributed by atoms with Crippen LogP contribution in [0.25, 0.3) is 0 Å². The lowest BCUT2D eigenvalue weighted by atomic mass is 9.99. The van der Waals surface area contributed by atoms with Gasteiger partial charge in [0.15, 0.2) is 0 Å². The van der Waals surface area contributed by atoms with Crippen molar-refractivity contribution in [1.82, 2.24) is 10.2 Å². The van der Waals surface area contributed by atoms with Crippen LogP contribution in [0.15, 0.2) is 12.1 Å². The van der Waals surface area contributed by atoms with Gasteiger partial charge in [0.05, 0.1) is 0 Å². The molecule has 1 aromatic carbocycles. The van der Waals surface area contributed by atoms with Crippen molar-refractivity contribution in [3.05, 3.63) is 23.3 Å². The van der Waals surface area contributed by atoms with Gasteiger partial charge in [-0.2, -0.15) is 0 Å². The number of nitrogens with zero attached hydrogens (tertiary/aromatic N) is 1. The topological polar surface area (TPSA) is 36.5 Å². The summed E-state index contributed by atoms with van der Waals surface area (Å²) in [6.07, 6.45) is 1.08. The summed E-state index contributed by atoms with van der Waals surface area (Å²) in [6.45, 7) is 3.67. The van der Waals surface area contributed by atoms with Gasteiger partial charge in [0.1, 0.15) is 12.4 Å². The van der Waals surface area contributed by atoms with Gasteiger partial charge in [-0.25, -0.2) is 0 Å². The van der Waals surface area contributed by atoms with Crippen LogP contribution >= 0.6 is 0 Å². The van der Waals surface area contributed by atoms with Crippen LogP contribution < -0.4 is 15.4 Å². The normalized spacial score (nSPS) is 14.4. The van der Waals surface area contributed by atoms with Crippen molar-refractivity contribution in [2.75, 3.05) is 46.2 Å². The molecule has 0 amide bonds. The average Bonchev–Trinajstić information content (AvgIpc) is 2.37. The highest BCUT2D eigenvalue weighted by molar-refractivity contribution is 5.59. The second kappa shape index (κ2) is 6.07. The number of fused-ring (bicyclic) bond motifs is 1. The van der Waals surface area contributed by atoms with Crippen molar-refractivity contribution in [3.63, 3.8) is 0 Å². The third kappa shape index (κ3) is 3.15. The Morgan fingerprint density at radius 2 is 2.22 bits per heavy atom. The number of benzene rings is 1. The van der Waals surface area contributed by atoms with Gasteiger partial charge in [-0.15, -0.1) is 0 Å². The van der Waals surface area contributed by atoms with Gasteiger partial charge < -0.3 is 20.3 Å². The van der Waals surface area contributed by atoms with E-state index in [0.717, 1.165) is 38.4 Å². The second-order valence-electron chi connectivity index (χ2n) is 4.94. The van der Waals surface area contributed by atoms with Gasteiger partial charge in [-0.3, -0.25) is 0 Å². The molecule has 2 N–H and O–H groups in total. The molecule has 18 heavy (non-hydrogen) atoms. The van der Waals surface area contributed by atoms with Gasteiger partial charge in [0.25, 0.3) is 0 Å². The maximum atomic E-state index is 5.82. The van der Waals surface area contributed by atoms with Crippen molar-refractivity contribution in [3.8, 4) is 5.75 Å². The molecule has 0 radical (unpaired) electrons. The monoisotopic (exact) mass is 249 g/mol. The molecule has 0 aromatic heterocycles. The molecule has 0 spiro atoms. The van der Waals surface area contributed by atoms with Gasteiger partial charge in [-0.1, -0.05) is 0 Å². The lowest BCUT2D eigenvalue weighted by Crippen LogP contribution is -2.25. The van der Waals surface area contributed by atoms with E-state index in [-0.39, 0.29) is 0 Å². The van der Waals surface area contributed by atoms with Crippen molar-refractivity contribution < 1.29 is 4.74 Å². The van der Waals surface area contributed by atoms with Crippen LogP contribution in [0, 0.1) is 0 Å². The quantitative estimate of drug-likeness (QED) is 0.825. The van der Waals surface area contributed by atoms with E-state index in [1.807, 2.05) is 7.05 Å². The van der Waals surface area contributed by atoms with E-state index in [1.54, 1.807) is 0 Å². The summed E-state index contributed by atoms with van der Waals surface area (Å²) >= 11 is 0. The molecular weight excluding hydrogens is 226 g/mol. The summed E-state index contributed by atoms with van der Waals surface area (Å²) in [7, 11) is 6.08. The number of ether oxygens (including phenoxy) is 1. The SMILES string of the molecule is CNc1cc(OCCN(C)C)cc2c1CNCC2. The van der Waals surface area contributed by atoms with Crippen molar-refractivity contribution in [1.29, 1.82) is 0 Å². The minimum absolute atomic E-state index is 0.729. The van der Waals surface area contributed by atoms with Crippen LogP contribution in [0.4, 0.5) is 5.69 Å². The minimum Gasteiger partial charge on any atom is -0.492 e. The van der Waals surface area contributed by atoms with Crippen molar-refractivity contribution >= 4 is 5.69 Å². The number of anilines is 1. The number of hydrogen-bond acceptors (Lipinski definition) is 4. The highest BCUT2D eigenvalue weighted by atomic mass is 16.5. The zero-order chi connectivity index (χ0) is 13.0. The number of rotatable bonds is 5. The fraction of sp³-hybridized carbons (Fsp3) is 0.571. The van der Waals surface area contributed by atoms with Crippen LogP contribution in [-0.2, 0) is 13.0 Å². The first-order valence-corrected chi connectivity index (χ1v) is 6.52. The Bertz CT molecular complexity index is 387. The zero-order valence-corrected chi connectivity index (χ0v) is 11.5. The van der Waals surface area contributed by atoms with Gasteiger partial charge in [0.2, 0.25) is 0 Å². The molecule has 4 nitrogen and oxygen atoms in total. The molecule has 1 heterocycles. The third-order valence-electron chi connectivity index (χ3n) is 3.27. The largest absolute Gasteiger partial charge is 0.492 e. The molecule has 0 unspecified atom stereocenters. The van der Waals surface area contributed by atoms with Crippen molar-refractivity contribution in [2.24, 2.45) is 0 Å². The van der Waals surface area contributed by atoms with E-state index in [0.29, 0.717) is 0 Å². The van der Waals surface area contributed by atoms with E-state index >= 15 is 0 Å². The van der Waals surface area contributed by atoms with Crippen molar-refractivity contribution in [2.45, 2.75) is 13.0 Å². The van der Waals surface area contributed by atoms with Crippen LogP contribution in [0.2, 0.25) is 0 Å². The Labute approximate surface area is 109 Å². The first-order chi connectivity index (χ1) is 8.70. The molecule has 100 valence electrons. The molecular formula is C14H23N3O.